The van der Waals surface area contributed by atoms with Gasteiger partial charge in [-0.25, -0.2) is 4.79 Å². The fourth-order valence-corrected chi connectivity index (χ4v) is 4.99. The molecule has 0 aliphatic carbocycles. The second-order valence-corrected chi connectivity index (χ2v) is 8.36. The second-order valence-electron chi connectivity index (χ2n) is 7.14. The Bertz CT molecular complexity index is 598. The number of fused-ring (bicyclic) bond motifs is 1. The van der Waals surface area contributed by atoms with E-state index in [4.69, 9.17) is 4.74 Å². The van der Waals surface area contributed by atoms with Crippen LogP contribution in [0, 0.1) is 0 Å². The molecule has 2 saturated heterocycles. The van der Waals surface area contributed by atoms with Crippen molar-refractivity contribution in [2.24, 2.45) is 0 Å². The number of carbonyl (C=O) groups excluding carboxylic acids is 1. The molecule has 0 spiro atoms. The number of likely N-dealkylation sites (tertiary alicyclic amines) is 1. The van der Waals surface area contributed by atoms with Gasteiger partial charge in [0.15, 0.2) is 0 Å². The van der Waals surface area contributed by atoms with Gasteiger partial charge in [0.05, 0.1) is 6.04 Å². The van der Waals surface area contributed by atoms with Gasteiger partial charge in [-0.3, -0.25) is 4.90 Å². The summed E-state index contributed by atoms with van der Waals surface area (Å²) in [5, 5.41) is 3.17. The maximum Gasteiger partial charge on any atom is 0.317 e. The summed E-state index contributed by atoms with van der Waals surface area (Å²) in [7, 11) is 0. The number of hydrogen-bond donors (Lipinski definition) is 1. The molecule has 0 saturated carbocycles. The Balaban J connectivity index is 1.25. The molecule has 1 aromatic carbocycles. The molecule has 2 fully saturated rings. The zero-order valence-corrected chi connectivity index (χ0v) is 15.5. The third kappa shape index (κ3) is 4.06. The van der Waals surface area contributed by atoms with E-state index >= 15 is 0 Å². The van der Waals surface area contributed by atoms with Crippen LogP contribution in [-0.2, 0) is 6.42 Å². The van der Waals surface area contributed by atoms with Gasteiger partial charge < -0.3 is 15.0 Å². The van der Waals surface area contributed by atoms with Crippen molar-refractivity contribution in [1.29, 1.82) is 0 Å². The Hall–Kier alpha value is -1.40. The van der Waals surface area contributed by atoms with E-state index in [2.05, 4.69) is 28.0 Å². The number of ether oxygens (including phenoxy) is 1. The maximum absolute atomic E-state index is 12.6. The number of para-hydroxylation sites is 1. The standard InChI is InChI=1S/C19H27N3O2S/c23-19(20-16-13-15-3-1-2-4-18(15)24-14-16)22-7-5-17(6-8-22)21-9-11-25-12-10-21/h1-4,16-17H,5-14H2,(H,20,23). The summed E-state index contributed by atoms with van der Waals surface area (Å²) < 4.78 is 5.78. The number of thioether (sulfide) groups is 1. The molecular formula is C19H27N3O2S. The van der Waals surface area contributed by atoms with Gasteiger partial charge in [0.2, 0.25) is 0 Å². The lowest BCUT2D eigenvalue weighted by Gasteiger charge is -2.40. The molecule has 3 aliphatic rings. The van der Waals surface area contributed by atoms with Crippen molar-refractivity contribution in [2.75, 3.05) is 44.3 Å². The molecule has 136 valence electrons. The van der Waals surface area contributed by atoms with E-state index in [0.717, 1.165) is 38.1 Å². The second kappa shape index (κ2) is 7.87. The Morgan fingerprint density at radius 2 is 1.88 bits per heavy atom. The van der Waals surface area contributed by atoms with E-state index in [1.54, 1.807) is 0 Å². The molecule has 2 amide bonds. The van der Waals surface area contributed by atoms with Gasteiger partial charge >= 0.3 is 6.03 Å². The van der Waals surface area contributed by atoms with Crippen LogP contribution in [0.4, 0.5) is 4.79 Å². The molecule has 3 aliphatic heterocycles. The highest BCUT2D eigenvalue weighted by Crippen LogP contribution is 2.24. The molecule has 0 bridgehead atoms. The first-order valence-electron chi connectivity index (χ1n) is 9.37. The van der Waals surface area contributed by atoms with Crippen LogP contribution in [0.1, 0.15) is 18.4 Å². The number of piperidine rings is 1. The van der Waals surface area contributed by atoms with Crippen molar-refractivity contribution in [2.45, 2.75) is 31.3 Å². The third-order valence-corrected chi connectivity index (χ3v) is 6.46. The first-order valence-corrected chi connectivity index (χ1v) is 10.5. The van der Waals surface area contributed by atoms with Crippen LogP contribution in [-0.4, -0.2) is 72.2 Å². The van der Waals surface area contributed by atoms with Crippen LogP contribution in [0.2, 0.25) is 0 Å². The van der Waals surface area contributed by atoms with Crippen molar-refractivity contribution < 1.29 is 9.53 Å². The van der Waals surface area contributed by atoms with Crippen molar-refractivity contribution in [3.63, 3.8) is 0 Å². The van der Waals surface area contributed by atoms with Gasteiger partial charge in [-0.2, -0.15) is 11.8 Å². The van der Waals surface area contributed by atoms with Crippen LogP contribution in [0.15, 0.2) is 24.3 Å². The molecule has 3 heterocycles. The van der Waals surface area contributed by atoms with E-state index in [-0.39, 0.29) is 12.1 Å². The molecule has 1 atom stereocenters. The van der Waals surface area contributed by atoms with Crippen molar-refractivity contribution in [3.8, 4) is 5.75 Å². The number of benzene rings is 1. The maximum atomic E-state index is 12.6. The monoisotopic (exact) mass is 361 g/mol. The lowest BCUT2D eigenvalue weighted by atomic mass is 10.0. The molecule has 5 nitrogen and oxygen atoms in total. The van der Waals surface area contributed by atoms with Crippen LogP contribution in [0.3, 0.4) is 0 Å². The number of urea groups is 1. The van der Waals surface area contributed by atoms with E-state index in [1.165, 1.54) is 30.2 Å². The number of nitrogens with one attached hydrogen (secondary N) is 1. The first-order chi connectivity index (χ1) is 12.3. The summed E-state index contributed by atoms with van der Waals surface area (Å²) in [6, 6.07) is 8.89. The summed E-state index contributed by atoms with van der Waals surface area (Å²) in [6.45, 7) is 4.71. The van der Waals surface area contributed by atoms with Crippen molar-refractivity contribution in [1.82, 2.24) is 15.1 Å². The minimum atomic E-state index is 0.0687. The van der Waals surface area contributed by atoms with E-state index < -0.39 is 0 Å². The number of carbonyl (C=O) groups is 1. The third-order valence-electron chi connectivity index (χ3n) is 5.52. The van der Waals surface area contributed by atoms with Crippen LogP contribution in [0.25, 0.3) is 0 Å². The van der Waals surface area contributed by atoms with E-state index in [0.29, 0.717) is 12.6 Å². The highest BCUT2D eigenvalue weighted by molar-refractivity contribution is 7.99. The predicted octanol–water partition coefficient (Wildman–Crippen LogP) is 2.21. The summed E-state index contributed by atoms with van der Waals surface area (Å²) in [4.78, 5) is 17.2. The molecule has 1 unspecified atom stereocenters. The van der Waals surface area contributed by atoms with Crippen molar-refractivity contribution in [3.05, 3.63) is 29.8 Å². The molecule has 6 heteroatoms. The highest BCUT2D eigenvalue weighted by atomic mass is 32.2. The highest BCUT2D eigenvalue weighted by Gasteiger charge is 2.29. The number of hydrogen-bond acceptors (Lipinski definition) is 4. The van der Waals surface area contributed by atoms with Crippen LogP contribution >= 0.6 is 11.8 Å². The normalized spacial score (nSPS) is 25.1. The van der Waals surface area contributed by atoms with Gasteiger partial charge in [-0.15, -0.1) is 0 Å². The summed E-state index contributed by atoms with van der Waals surface area (Å²) in [5.74, 6) is 3.46. The molecule has 1 N–H and O–H groups in total. The Kier molecular flexibility index (Phi) is 5.36. The first kappa shape index (κ1) is 17.0. The van der Waals surface area contributed by atoms with Gasteiger partial charge in [-0.1, -0.05) is 18.2 Å². The topological polar surface area (TPSA) is 44.8 Å². The fraction of sp³-hybridized carbons (Fsp3) is 0.632. The largest absolute Gasteiger partial charge is 0.491 e. The molecular weight excluding hydrogens is 334 g/mol. The molecule has 0 radical (unpaired) electrons. The van der Waals surface area contributed by atoms with Gasteiger partial charge in [0, 0.05) is 43.7 Å². The smallest absolute Gasteiger partial charge is 0.317 e. The van der Waals surface area contributed by atoms with Crippen LogP contribution < -0.4 is 10.1 Å². The van der Waals surface area contributed by atoms with E-state index in [1.807, 2.05) is 23.1 Å². The molecule has 0 aromatic heterocycles. The Morgan fingerprint density at radius 1 is 1.12 bits per heavy atom. The van der Waals surface area contributed by atoms with Crippen LogP contribution in [0.5, 0.6) is 5.75 Å². The lowest BCUT2D eigenvalue weighted by Crippen LogP contribution is -2.53. The predicted molar refractivity (Wildman–Crippen MR) is 101 cm³/mol. The van der Waals surface area contributed by atoms with E-state index in [9.17, 15) is 4.79 Å². The fourth-order valence-electron chi connectivity index (χ4n) is 4.06. The quantitative estimate of drug-likeness (QED) is 0.877. The minimum Gasteiger partial charge on any atom is -0.491 e. The Morgan fingerprint density at radius 3 is 2.68 bits per heavy atom. The molecule has 1 aromatic rings. The van der Waals surface area contributed by atoms with Gasteiger partial charge in [0.1, 0.15) is 12.4 Å². The van der Waals surface area contributed by atoms with Gasteiger partial charge in [-0.05, 0) is 30.9 Å². The lowest BCUT2D eigenvalue weighted by molar-refractivity contribution is 0.121. The molecule has 4 rings (SSSR count). The number of amides is 2. The number of nitrogens with zero attached hydrogens (tertiary/aromatic N) is 2. The van der Waals surface area contributed by atoms with Gasteiger partial charge in [0.25, 0.3) is 0 Å². The average Bonchev–Trinajstić information content (AvgIpc) is 2.69. The summed E-state index contributed by atoms with van der Waals surface area (Å²) in [5.41, 5.74) is 1.18. The SMILES string of the molecule is O=C(NC1COc2ccccc2C1)N1CCC(N2CCSCC2)CC1. The zero-order chi connectivity index (χ0) is 17.1. The minimum absolute atomic E-state index is 0.0687. The summed E-state index contributed by atoms with van der Waals surface area (Å²) >= 11 is 2.05. The number of rotatable bonds is 2. The average molecular weight is 362 g/mol. The molecule has 25 heavy (non-hydrogen) atoms. The summed E-state index contributed by atoms with van der Waals surface area (Å²) in [6.07, 6.45) is 3.05. The zero-order valence-electron chi connectivity index (χ0n) is 14.7. The Labute approximate surface area is 154 Å². The van der Waals surface area contributed by atoms with Crippen molar-refractivity contribution >= 4 is 17.8 Å².